The first-order chi connectivity index (χ1) is 14.0. The van der Waals surface area contributed by atoms with Crippen LogP contribution in [-0.4, -0.2) is 50.0 Å². The van der Waals surface area contributed by atoms with Gasteiger partial charge in [0.05, 0.1) is 12.4 Å². The molecule has 2 aromatic rings. The summed E-state index contributed by atoms with van der Waals surface area (Å²) in [4.78, 5) is 15.2. The fourth-order valence-electron chi connectivity index (χ4n) is 3.90. The van der Waals surface area contributed by atoms with E-state index in [0.717, 1.165) is 35.1 Å². The van der Waals surface area contributed by atoms with E-state index in [1.165, 1.54) is 18.2 Å². The average molecular weight is 415 g/mol. The van der Waals surface area contributed by atoms with Crippen LogP contribution in [0.25, 0.3) is 11.4 Å². The molecule has 1 aromatic carbocycles. The van der Waals surface area contributed by atoms with E-state index < -0.39 is 0 Å². The molecular weight excluding hydrogens is 384 g/mol. The van der Waals surface area contributed by atoms with E-state index in [1.54, 1.807) is 7.11 Å². The molecule has 1 aliphatic heterocycles. The van der Waals surface area contributed by atoms with E-state index in [1.807, 2.05) is 41.8 Å². The number of ether oxygens (including phenoxy) is 1. The molecule has 29 heavy (non-hydrogen) atoms. The van der Waals surface area contributed by atoms with Crippen LogP contribution < -0.4 is 4.74 Å². The molecule has 2 heterocycles. The molecule has 3 rings (SSSR count). The van der Waals surface area contributed by atoms with Gasteiger partial charge in [0.15, 0.2) is 11.0 Å². The third kappa shape index (κ3) is 4.66. The highest BCUT2D eigenvalue weighted by Gasteiger charge is 2.32. The van der Waals surface area contributed by atoms with Gasteiger partial charge in [-0.3, -0.25) is 9.36 Å². The lowest BCUT2D eigenvalue weighted by molar-refractivity contribution is -0.136. The van der Waals surface area contributed by atoms with Crippen LogP contribution in [0.1, 0.15) is 40.0 Å². The van der Waals surface area contributed by atoms with Gasteiger partial charge in [-0.25, -0.2) is 0 Å². The maximum absolute atomic E-state index is 13.2. The molecule has 0 unspecified atom stereocenters. The number of hydrogen-bond acceptors (Lipinski definition) is 5. The summed E-state index contributed by atoms with van der Waals surface area (Å²) in [6.45, 7) is 10.7. The number of hydrogen-bond donors (Lipinski definition) is 0. The molecule has 0 spiro atoms. The Morgan fingerprint density at radius 2 is 1.93 bits per heavy atom. The topological polar surface area (TPSA) is 60.2 Å². The maximum Gasteiger partial charge on any atom is 0.236 e. The molecule has 0 saturated carbocycles. The molecule has 1 amide bonds. The predicted octanol–water partition coefficient (Wildman–Crippen LogP) is 4.41. The van der Waals surface area contributed by atoms with Crippen molar-refractivity contribution >= 4 is 17.7 Å². The molecule has 3 atom stereocenters. The van der Waals surface area contributed by atoms with Crippen molar-refractivity contribution < 1.29 is 9.53 Å². The van der Waals surface area contributed by atoms with Gasteiger partial charge in [-0.15, -0.1) is 16.8 Å². The van der Waals surface area contributed by atoms with Gasteiger partial charge in [0, 0.05) is 24.2 Å². The Hall–Kier alpha value is -2.28. The number of carbonyl (C=O) groups excluding carboxylic acids is 1. The fourth-order valence-corrected chi connectivity index (χ4v) is 4.81. The number of thioether (sulfide) groups is 1. The highest BCUT2D eigenvalue weighted by molar-refractivity contribution is 8.00. The zero-order valence-electron chi connectivity index (χ0n) is 17.7. The lowest BCUT2D eigenvalue weighted by Gasteiger charge is -2.40. The van der Waals surface area contributed by atoms with Crippen molar-refractivity contribution in [3.8, 4) is 17.1 Å². The molecule has 6 nitrogen and oxygen atoms in total. The van der Waals surface area contributed by atoms with Gasteiger partial charge in [-0.2, -0.15) is 0 Å². The average Bonchev–Trinajstić information content (AvgIpc) is 3.10. The van der Waals surface area contributed by atoms with Crippen LogP contribution in [0.3, 0.4) is 0 Å². The molecule has 0 bridgehead atoms. The number of benzene rings is 1. The Balaban J connectivity index is 1.82. The summed E-state index contributed by atoms with van der Waals surface area (Å²) in [5, 5.41) is 9.28. The molecule has 0 radical (unpaired) electrons. The Labute approximate surface area is 177 Å². The smallest absolute Gasteiger partial charge is 0.236 e. The quantitative estimate of drug-likeness (QED) is 0.496. The molecule has 0 N–H and O–H groups in total. The molecule has 1 saturated heterocycles. The first-order valence-corrected chi connectivity index (χ1v) is 11.0. The SMILES string of the molecule is C=CCn1c(S[C@H](C)C(=O)N2[C@H](C)CCC[C@H]2C)nnc1-c1ccc(OC)cc1. The second-order valence-electron chi connectivity index (χ2n) is 7.57. The normalized spacial score (nSPS) is 20.3. The van der Waals surface area contributed by atoms with Crippen molar-refractivity contribution in [1.82, 2.24) is 19.7 Å². The predicted molar refractivity (Wildman–Crippen MR) is 117 cm³/mol. The minimum absolute atomic E-state index is 0.175. The van der Waals surface area contributed by atoms with Gasteiger partial charge in [0.1, 0.15) is 5.75 Å². The summed E-state index contributed by atoms with van der Waals surface area (Å²) < 4.78 is 7.24. The zero-order valence-corrected chi connectivity index (χ0v) is 18.5. The number of aromatic nitrogens is 3. The lowest BCUT2D eigenvalue weighted by atomic mass is 9.97. The molecule has 156 valence electrons. The first-order valence-electron chi connectivity index (χ1n) is 10.1. The number of methoxy groups -OCH3 is 1. The van der Waals surface area contributed by atoms with E-state index in [2.05, 4.69) is 35.5 Å². The Bertz CT molecular complexity index is 839. The summed E-state index contributed by atoms with van der Waals surface area (Å²) in [7, 11) is 1.65. The second-order valence-corrected chi connectivity index (χ2v) is 8.88. The molecule has 1 aliphatic rings. The molecule has 0 aliphatic carbocycles. The van der Waals surface area contributed by atoms with Gasteiger partial charge in [-0.05, 0) is 64.3 Å². The van der Waals surface area contributed by atoms with Gasteiger partial charge in [0.2, 0.25) is 5.91 Å². The van der Waals surface area contributed by atoms with E-state index >= 15 is 0 Å². The van der Waals surface area contributed by atoms with Crippen LogP contribution in [-0.2, 0) is 11.3 Å². The van der Waals surface area contributed by atoms with Crippen LogP contribution in [0.2, 0.25) is 0 Å². The van der Waals surface area contributed by atoms with E-state index in [9.17, 15) is 4.79 Å². The largest absolute Gasteiger partial charge is 0.497 e. The molecule has 1 fully saturated rings. The van der Waals surface area contributed by atoms with Crippen molar-refractivity contribution in [3.05, 3.63) is 36.9 Å². The van der Waals surface area contributed by atoms with Crippen LogP contribution in [0.4, 0.5) is 0 Å². The standard InChI is InChI=1S/C22H30N4O2S/c1-6-14-25-20(18-10-12-19(28-5)13-11-18)23-24-22(25)29-17(4)21(27)26-15(2)8-7-9-16(26)3/h6,10-13,15-17H,1,7-9,14H2,2-5H3/t15-,16-,17-/m1/s1. The van der Waals surface area contributed by atoms with Crippen LogP contribution in [0.5, 0.6) is 5.75 Å². The second kappa shape index (κ2) is 9.48. The molecular formula is C22H30N4O2S. The van der Waals surface area contributed by atoms with Crippen molar-refractivity contribution in [3.63, 3.8) is 0 Å². The van der Waals surface area contributed by atoms with Crippen LogP contribution >= 0.6 is 11.8 Å². The van der Waals surface area contributed by atoms with Crippen molar-refractivity contribution in [2.24, 2.45) is 0 Å². The maximum atomic E-state index is 13.2. The fraction of sp³-hybridized carbons (Fsp3) is 0.500. The Kier molecular flexibility index (Phi) is 7.00. The molecule has 7 heteroatoms. The Morgan fingerprint density at radius 1 is 1.28 bits per heavy atom. The van der Waals surface area contributed by atoms with Gasteiger partial charge < -0.3 is 9.64 Å². The van der Waals surface area contributed by atoms with Crippen molar-refractivity contribution in [2.75, 3.05) is 7.11 Å². The number of amides is 1. The number of allylic oxidation sites excluding steroid dienone is 1. The van der Waals surface area contributed by atoms with Gasteiger partial charge >= 0.3 is 0 Å². The summed E-state index contributed by atoms with van der Waals surface area (Å²) in [6.07, 6.45) is 5.15. The summed E-state index contributed by atoms with van der Waals surface area (Å²) in [5.41, 5.74) is 0.948. The highest BCUT2D eigenvalue weighted by atomic mass is 32.2. The van der Waals surface area contributed by atoms with Crippen molar-refractivity contribution in [1.29, 1.82) is 0 Å². The monoisotopic (exact) mass is 414 g/mol. The number of rotatable bonds is 7. The summed E-state index contributed by atoms with van der Waals surface area (Å²) in [6, 6.07) is 8.30. The third-order valence-electron chi connectivity index (χ3n) is 5.45. The van der Waals surface area contributed by atoms with Crippen LogP contribution in [0, 0.1) is 0 Å². The summed E-state index contributed by atoms with van der Waals surface area (Å²) in [5.74, 6) is 1.73. The molecule has 1 aromatic heterocycles. The van der Waals surface area contributed by atoms with Gasteiger partial charge in [-0.1, -0.05) is 17.8 Å². The minimum atomic E-state index is -0.227. The Morgan fingerprint density at radius 3 is 2.52 bits per heavy atom. The third-order valence-corrected chi connectivity index (χ3v) is 6.52. The number of likely N-dealkylation sites (tertiary alicyclic amines) is 1. The van der Waals surface area contributed by atoms with Crippen molar-refractivity contribution in [2.45, 2.75) is 69.1 Å². The van der Waals surface area contributed by atoms with Crippen LogP contribution in [0.15, 0.2) is 42.1 Å². The minimum Gasteiger partial charge on any atom is -0.497 e. The van der Waals surface area contributed by atoms with Gasteiger partial charge in [0.25, 0.3) is 0 Å². The zero-order chi connectivity index (χ0) is 21.0. The lowest BCUT2D eigenvalue weighted by Crippen LogP contribution is -2.50. The number of nitrogens with zero attached hydrogens (tertiary/aromatic N) is 4. The number of piperidine rings is 1. The summed E-state index contributed by atoms with van der Waals surface area (Å²) >= 11 is 1.46. The van der Waals surface area contributed by atoms with E-state index in [4.69, 9.17) is 4.74 Å². The number of carbonyl (C=O) groups is 1. The van der Waals surface area contributed by atoms with E-state index in [-0.39, 0.29) is 23.2 Å². The highest BCUT2D eigenvalue weighted by Crippen LogP contribution is 2.31. The first kappa shape index (κ1) is 21.4. The van der Waals surface area contributed by atoms with E-state index in [0.29, 0.717) is 6.54 Å².